The third kappa shape index (κ3) is 14.7. The second kappa shape index (κ2) is 25.9. The number of urea groups is 1. The number of Topliss-reactive ketones (excluding diaryl/α,β-unsaturated/α-hetero) is 1. The van der Waals surface area contributed by atoms with E-state index in [9.17, 15) is 42.3 Å². The normalized spacial score (nSPS) is 19.4. The Balaban J connectivity index is 0.00000892. The Kier molecular flexibility index (Phi) is 20.3. The van der Waals surface area contributed by atoms with Crippen LogP contribution in [0.1, 0.15) is 114 Å². The van der Waals surface area contributed by atoms with E-state index in [1.807, 2.05) is 54.9 Å². The van der Waals surface area contributed by atoms with Crippen LogP contribution < -0.4 is 60.7 Å². The third-order valence-electron chi connectivity index (χ3n) is 14.0. The summed E-state index contributed by atoms with van der Waals surface area (Å²) in [7, 11) is -4.19. The van der Waals surface area contributed by atoms with E-state index in [2.05, 4.69) is 53.9 Å². The fraction of sp³-hybridized carbons (Fsp3) is 0.490. The maximum absolute atomic E-state index is 14.0. The minimum atomic E-state index is -4.19. The zero-order chi connectivity index (χ0) is 52.6. The quantitative estimate of drug-likeness (QED) is 0.0216. The molecule has 74 heavy (non-hydrogen) atoms. The summed E-state index contributed by atoms with van der Waals surface area (Å²) in [6, 6.07) is 16.0. The number of primary amides is 1. The maximum Gasteiger partial charge on any atom is 0.333 e. The predicted octanol–water partition coefficient (Wildman–Crippen LogP) is 1.71. The molecule has 0 spiro atoms. The molecule has 6 atom stereocenters. The fourth-order valence-corrected chi connectivity index (χ4v) is 10.8. The number of hydrogen-bond acceptors (Lipinski definition) is 12. The zero-order valence-corrected chi connectivity index (χ0v) is 46.3. The van der Waals surface area contributed by atoms with E-state index in [0.717, 1.165) is 29.4 Å². The average Bonchev–Trinajstić information content (AvgIpc) is 4.12. The molecule has 6 amide bonds. The summed E-state index contributed by atoms with van der Waals surface area (Å²) in [5.41, 5.74) is 10.4. The van der Waals surface area contributed by atoms with Gasteiger partial charge >= 0.3 is 16.3 Å². The smallest absolute Gasteiger partial charge is 0.333 e. The van der Waals surface area contributed by atoms with Crippen LogP contribution in [0.3, 0.4) is 0 Å². The van der Waals surface area contributed by atoms with Crippen molar-refractivity contribution in [3.8, 4) is 0 Å². The summed E-state index contributed by atoms with van der Waals surface area (Å²) in [6.45, 7) is 5.81. The van der Waals surface area contributed by atoms with Gasteiger partial charge in [-0.3, -0.25) is 37.6 Å². The molecule has 23 heteroatoms. The van der Waals surface area contributed by atoms with E-state index in [1.165, 1.54) is 16.0 Å². The highest BCUT2D eigenvalue weighted by molar-refractivity contribution is 9.12. The number of nitrogens with zero attached hydrogens (tertiary/aromatic N) is 4. The van der Waals surface area contributed by atoms with Crippen LogP contribution in [0.5, 0.6) is 0 Å². The summed E-state index contributed by atoms with van der Waals surface area (Å²) in [6.07, 6.45) is 7.76. The first-order valence-corrected chi connectivity index (χ1v) is 27.1. The van der Waals surface area contributed by atoms with Gasteiger partial charge in [0.2, 0.25) is 29.6 Å². The molecule has 2 aromatic carbocycles. The summed E-state index contributed by atoms with van der Waals surface area (Å²) in [4.78, 5) is 83.2. The first-order chi connectivity index (χ1) is 34.8. The Hall–Kier alpha value is -5.34. The molecule has 4 aromatic rings. The number of aliphatic hydroxyl groups excluding tert-OH is 1. The van der Waals surface area contributed by atoms with Gasteiger partial charge in [0, 0.05) is 55.4 Å². The van der Waals surface area contributed by atoms with Gasteiger partial charge in [-0.05, 0) is 109 Å². The number of carbonyl (C=O) groups is 6. The number of halogens is 2. The molecule has 9 N–H and O–H groups in total. The number of unbranched alkanes of at least 4 members (excludes halogenated alkanes) is 2. The van der Waals surface area contributed by atoms with Crippen molar-refractivity contribution in [3.05, 3.63) is 93.9 Å². The molecule has 2 aromatic heterocycles. The van der Waals surface area contributed by atoms with Crippen LogP contribution in [0, 0.1) is 17.8 Å². The van der Waals surface area contributed by atoms with Crippen LogP contribution in [0.2, 0.25) is 0 Å². The molecule has 1 saturated carbocycles. The SMILES string of the molecule is CC1=C(Br)C(=O)N(CCCCCC(=O)N[C@@H](C(=O)C[C@H](CCCNC(N)=O)C(=O)Nc2ccc(C[n+]3cnc(N[C@H]4CCc5ccccc54)c4ccn([C@@H]5C[C@@H](COS(N)(=O)=O)[C@@H](O)C5)c43)cc2)C(C)C)C1=O.[I-]. The predicted molar refractivity (Wildman–Crippen MR) is 276 cm³/mol. The van der Waals surface area contributed by atoms with Crippen molar-refractivity contribution >= 4 is 84.2 Å². The second-order valence-electron chi connectivity index (χ2n) is 19.6. The maximum atomic E-state index is 14.0. The first-order valence-electron chi connectivity index (χ1n) is 24.8. The van der Waals surface area contributed by atoms with Gasteiger partial charge in [0.15, 0.2) is 5.78 Å². The lowest BCUT2D eigenvalue weighted by Crippen LogP contribution is -3.00. The minimum absolute atomic E-state index is 0. The second-order valence-corrected chi connectivity index (χ2v) is 21.6. The molecular formula is C51H66BrIN10O10S. The van der Waals surface area contributed by atoms with Crippen LogP contribution in [0.25, 0.3) is 11.0 Å². The molecule has 400 valence electrons. The number of rotatable bonds is 25. The third-order valence-corrected chi connectivity index (χ3v) is 15.4. The average molecular weight is 1220 g/mol. The summed E-state index contributed by atoms with van der Waals surface area (Å²) >= 11 is 3.16. The van der Waals surface area contributed by atoms with Crippen molar-refractivity contribution < 1.29 is 75.0 Å². The number of benzene rings is 2. The molecule has 2 aliphatic carbocycles. The molecule has 1 aliphatic heterocycles. The Morgan fingerprint density at radius 1 is 1.00 bits per heavy atom. The van der Waals surface area contributed by atoms with Gasteiger partial charge in [0.1, 0.15) is 5.39 Å². The number of aromatic nitrogens is 3. The topological polar surface area (TPSA) is 291 Å². The molecule has 20 nitrogen and oxygen atoms in total. The van der Waals surface area contributed by atoms with Gasteiger partial charge < -0.3 is 56.1 Å². The minimum Gasteiger partial charge on any atom is -1.00 e. The van der Waals surface area contributed by atoms with Gasteiger partial charge in [-0.25, -0.2) is 14.5 Å². The molecule has 0 unspecified atom stereocenters. The highest BCUT2D eigenvalue weighted by atomic mass is 127. The van der Waals surface area contributed by atoms with E-state index in [4.69, 9.17) is 20.0 Å². The number of ketones is 1. The molecule has 0 saturated heterocycles. The number of hydrogen-bond donors (Lipinski definition) is 7. The van der Waals surface area contributed by atoms with E-state index in [-0.39, 0.29) is 109 Å². The van der Waals surface area contributed by atoms with Gasteiger partial charge in [0.05, 0.1) is 48.1 Å². The number of fused-ring (bicyclic) bond motifs is 2. The number of amides is 6. The Morgan fingerprint density at radius 3 is 2.43 bits per heavy atom. The van der Waals surface area contributed by atoms with Crippen molar-refractivity contribution in [2.24, 2.45) is 28.6 Å². The van der Waals surface area contributed by atoms with E-state index in [1.54, 1.807) is 25.4 Å². The van der Waals surface area contributed by atoms with Crippen molar-refractivity contribution in [1.29, 1.82) is 0 Å². The molecular weight excluding hydrogens is 1150 g/mol. The highest BCUT2D eigenvalue weighted by Gasteiger charge is 2.39. The molecule has 3 heterocycles. The number of carbonyl (C=O) groups excluding carboxylic acids is 6. The van der Waals surface area contributed by atoms with Crippen LogP contribution in [0.15, 0.2) is 77.2 Å². The molecule has 7 rings (SSSR count). The first kappa shape index (κ1) is 57.9. The van der Waals surface area contributed by atoms with Gasteiger partial charge in [0.25, 0.3) is 11.8 Å². The number of anilines is 2. The van der Waals surface area contributed by atoms with Crippen molar-refractivity contribution in [2.45, 2.75) is 122 Å². The van der Waals surface area contributed by atoms with Gasteiger partial charge in [-0.2, -0.15) is 8.42 Å². The fourth-order valence-electron chi connectivity index (χ4n) is 10.1. The number of imide groups is 1. The molecule has 1 fully saturated rings. The van der Waals surface area contributed by atoms with Crippen LogP contribution >= 0.6 is 15.9 Å². The van der Waals surface area contributed by atoms with Crippen LogP contribution in [0.4, 0.5) is 16.3 Å². The monoisotopic (exact) mass is 1220 g/mol. The van der Waals surface area contributed by atoms with Crippen LogP contribution in [-0.2, 0) is 51.4 Å². The summed E-state index contributed by atoms with van der Waals surface area (Å²) in [5, 5.41) is 29.0. The lowest BCUT2D eigenvalue weighted by Gasteiger charge is -2.24. The number of aryl methyl sites for hydroxylation is 1. The Morgan fingerprint density at radius 2 is 1.74 bits per heavy atom. The Labute approximate surface area is 456 Å². The van der Waals surface area contributed by atoms with Gasteiger partial charge in [-0.1, -0.05) is 61.7 Å². The standard InChI is InChI=1S/C51H65BrN10O10S.HI/c1-30(2)45(59-43(65)13-5-4-8-22-62-49(67)31(3)44(52)50(62)68)42(64)25-34(11-9-21-55-51(53)69)47(66)57-36-17-14-32(15-18-36)27-60-29-56-46(58-40-19-16-33-10-6-7-12-38(33)40)39-20-23-61(48(39)60)37-24-35(41(63)26-37)28-72-73(54,70)71;/h6-7,10,12,14-15,17-18,20,23,29-30,34-35,37,40-41,45,63H,4-5,8-9,11,13,16,19,21-22,24-28H2,1-3H3,(H7,53,54,55,57,59,65,66,69,70,71);1H/t34-,35-,37+,40-,41-,45+;/m0./s1. The highest BCUT2D eigenvalue weighted by Crippen LogP contribution is 2.39. The van der Waals surface area contributed by atoms with Crippen LogP contribution in [-0.4, -0.2) is 95.3 Å². The molecule has 3 aliphatic rings. The van der Waals surface area contributed by atoms with Crippen molar-refractivity contribution in [2.75, 3.05) is 30.3 Å². The van der Waals surface area contributed by atoms with Crippen molar-refractivity contribution in [3.63, 3.8) is 0 Å². The van der Waals surface area contributed by atoms with E-state index >= 15 is 0 Å². The lowest BCUT2D eigenvalue weighted by molar-refractivity contribution is -0.668. The zero-order valence-electron chi connectivity index (χ0n) is 41.7. The van der Waals surface area contributed by atoms with E-state index < -0.39 is 46.2 Å². The molecule has 0 bridgehead atoms. The van der Waals surface area contributed by atoms with Crippen molar-refractivity contribution in [1.82, 2.24) is 25.1 Å². The number of nitrogens with one attached hydrogen (secondary N) is 4. The van der Waals surface area contributed by atoms with Gasteiger partial charge in [-0.15, -0.1) is 0 Å². The molecule has 0 radical (unpaired) electrons. The van der Waals surface area contributed by atoms with E-state index in [0.29, 0.717) is 62.1 Å². The lowest BCUT2D eigenvalue weighted by atomic mass is 9.89. The number of aliphatic hydroxyl groups is 1. The number of nitrogens with two attached hydrogens (primary N) is 2. The Bertz CT molecular complexity index is 2840. The largest absolute Gasteiger partial charge is 1.00 e. The summed E-state index contributed by atoms with van der Waals surface area (Å²) < 4.78 is 32.5. The summed E-state index contributed by atoms with van der Waals surface area (Å²) in [5.74, 6) is -2.57.